The summed E-state index contributed by atoms with van der Waals surface area (Å²) in [6.07, 6.45) is -2.54. The lowest BCUT2D eigenvalue weighted by molar-refractivity contribution is -0.106. The van der Waals surface area contributed by atoms with Crippen LogP contribution in [0.2, 0.25) is 0 Å². The van der Waals surface area contributed by atoms with Crippen molar-refractivity contribution < 1.29 is 23.4 Å². The van der Waals surface area contributed by atoms with Crippen molar-refractivity contribution >= 4 is 12.2 Å². The zero-order valence-corrected chi connectivity index (χ0v) is 10.3. The molecular weight excluding hydrogens is 278 g/mol. The third-order valence-electron chi connectivity index (χ3n) is 2.54. The molecule has 3 unspecified atom stereocenters. The Bertz CT molecular complexity index is 524. The highest BCUT2D eigenvalue weighted by molar-refractivity contribution is 5.42. The summed E-state index contributed by atoms with van der Waals surface area (Å²) in [6.45, 7) is -0.365. The van der Waals surface area contributed by atoms with Gasteiger partial charge in [-0.3, -0.25) is 9.36 Å². The smallest absolute Gasteiger partial charge is 0.351 e. The van der Waals surface area contributed by atoms with Gasteiger partial charge in [0.15, 0.2) is 17.9 Å². The van der Waals surface area contributed by atoms with Crippen LogP contribution in [0.25, 0.3) is 0 Å². The van der Waals surface area contributed by atoms with Crippen molar-refractivity contribution in [3.63, 3.8) is 0 Å². The largest absolute Gasteiger partial charge is 0.394 e. The van der Waals surface area contributed by atoms with Crippen LogP contribution in [0.3, 0.4) is 0 Å². The van der Waals surface area contributed by atoms with Crippen molar-refractivity contribution in [2.75, 3.05) is 12.3 Å². The fourth-order valence-corrected chi connectivity index (χ4v) is 1.70. The van der Waals surface area contributed by atoms with Crippen LogP contribution < -0.4 is 17.2 Å². The lowest BCUT2D eigenvalue weighted by atomic mass is 10.2. The number of aliphatic hydroxyl groups excluding tert-OH is 1. The SMILES string of the molecule is NC=O.Nc1nc(=O)n(C2OC(CO)CC2F)cc1F. The van der Waals surface area contributed by atoms with E-state index in [2.05, 4.69) is 10.7 Å². The van der Waals surface area contributed by atoms with Gasteiger partial charge in [0.25, 0.3) is 0 Å². The number of carbonyl (C=O) groups is 1. The van der Waals surface area contributed by atoms with Gasteiger partial charge in [0.1, 0.15) is 6.17 Å². The number of aliphatic hydroxyl groups is 1. The molecule has 112 valence electrons. The molecule has 1 aromatic heterocycles. The number of rotatable bonds is 2. The van der Waals surface area contributed by atoms with E-state index in [9.17, 15) is 13.6 Å². The molecule has 2 rings (SSSR count). The van der Waals surface area contributed by atoms with Crippen molar-refractivity contribution in [1.29, 1.82) is 0 Å². The van der Waals surface area contributed by atoms with Crippen LogP contribution in [0, 0.1) is 5.82 Å². The molecule has 3 atom stereocenters. The number of aromatic nitrogens is 2. The molecule has 2 heterocycles. The third kappa shape index (κ3) is 3.48. The number of nitrogens with two attached hydrogens (primary N) is 2. The van der Waals surface area contributed by atoms with Crippen LogP contribution in [0.4, 0.5) is 14.6 Å². The van der Waals surface area contributed by atoms with Gasteiger partial charge in [0.2, 0.25) is 6.41 Å². The molecule has 0 bridgehead atoms. The molecule has 1 saturated heterocycles. The number of amides is 1. The van der Waals surface area contributed by atoms with Crippen LogP contribution in [-0.2, 0) is 9.53 Å². The van der Waals surface area contributed by atoms with Gasteiger partial charge in [-0.1, -0.05) is 0 Å². The molecule has 0 aliphatic carbocycles. The fourth-order valence-electron chi connectivity index (χ4n) is 1.70. The second kappa shape index (κ2) is 6.91. The van der Waals surface area contributed by atoms with E-state index >= 15 is 0 Å². The first kappa shape index (κ1) is 16.0. The Morgan fingerprint density at radius 2 is 2.25 bits per heavy atom. The van der Waals surface area contributed by atoms with Gasteiger partial charge < -0.3 is 21.3 Å². The topological polar surface area (TPSA) is 133 Å². The summed E-state index contributed by atoms with van der Waals surface area (Å²) < 4.78 is 32.5. The first-order valence-electron chi connectivity index (χ1n) is 5.54. The van der Waals surface area contributed by atoms with Crippen molar-refractivity contribution in [3.8, 4) is 0 Å². The minimum Gasteiger partial charge on any atom is -0.394 e. The van der Waals surface area contributed by atoms with E-state index in [0.29, 0.717) is 4.57 Å². The number of nitrogen functional groups attached to an aromatic ring is 1. The zero-order chi connectivity index (χ0) is 15.3. The Morgan fingerprint density at radius 1 is 1.65 bits per heavy atom. The first-order chi connectivity index (χ1) is 9.44. The number of hydrogen-bond donors (Lipinski definition) is 3. The molecule has 0 spiro atoms. The van der Waals surface area contributed by atoms with Gasteiger partial charge in [-0.15, -0.1) is 0 Å². The standard InChI is InChI=1S/C9H11F2N3O3.CH3NO/c10-5-1-4(3-15)17-8(5)14-2-6(11)7(12)13-9(14)16;2-1-3/h2,4-5,8,15H,1,3H2,(H2,12,13,16);1H,(H2,2,3). The number of nitrogens with zero attached hydrogens (tertiary/aromatic N) is 2. The number of anilines is 1. The second-order valence-corrected chi connectivity index (χ2v) is 3.88. The van der Waals surface area contributed by atoms with Gasteiger partial charge in [-0.2, -0.15) is 4.98 Å². The summed E-state index contributed by atoms with van der Waals surface area (Å²) in [5, 5.41) is 8.83. The second-order valence-electron chi connectivity index (χ2n) is 3.88. The van der Waals surface area contributed by atoms with Gasteiger partial charge in [-0.25, -0.2) is 13.6 Å². The minimum atomic E-state index is -1.50. The van der Waals surface area contributed by atoms with Gasteiger partial charge in [0.05, 0.1) is 18.9 Å². The van der Waals surface area contributed by atoms with Crippen molar-refractivity contribution in [2.24, 2.45) is 5.73 Å². The average Bonchev–Trinajstić information content (AvgIpc) is 2.76. The van der Waals surface area contributed by atoms with Crippen LogP contribution >= 0.6 is 0 Å². The minimum absolute atomic E-state index is 0.0560. The number of halogens is 2. The maximum atomic E-state index is 13.5. The number of primary amides is 1. The molecular formula is C10H14F2N4O4. The normalized spacial score (nSPS) is 24.9. The monoisotopic (exact) mass is 292 g/mol. The molecule has 0 aromatic carbocycles. The maximum Gasteiger partial charge on any atom is 0.351 e. The fraction of sp³-hybridized carbons (Fsp3) is 0.500. The van der Waals surface area contributed by atoms with E-state index < -0.39 is 35.8 Å². The van der Waals surface area contributed by atoms with Gasteiger partial charge in [-0.05, 0) is 0 Å². The van der Waals surface area contributed by atoms with E-state index in [4.69, 9.17) is 20.4 Å². The molecule has 5 N–H and O–H groups in total. The van der Waals surface area contributed by atoms with Gasteiger partial charge >= 0.3 is 5.69 Å². The summed E-state index contributed by atoms with van der Waals surface area (Å²) in [4.78, 5) is 23.2. The molecule has 1 aliphatic heterocycles. The Morgan fingerprint density at radius 3 is 2.75 bits per heavy atom. The predicted molar refractivity (Wildman–Crippen MR) is 63.6 cm³/mol. The Balaban J connectivity index is 0.000000612. The van der Waals surface area contributed by atoms with E-state index in [1.165, 1.54) is 0 Å². The number of hydrogen-bond acceptors (Lipinski definition) is 6. The molecule has 8 nitrogen and oxygen atoms in total. The molecule has 10 heteroatoms. The number of alkyl halides is 1. The van der Waals surface area contributed by atoms with E-state index in [0.717, 1.165) is 6.20 Å². The Labute approximate surface area is 112 Å². The molecule has 0 saturated carbocycles. The summed E-state index contributed by atoms with van der Waals surface area (Å²) in [5.41, 5.74) is 8.38. The predicted octanol–water partition coefficient (Wildman–Crippen LogP) is -1.32. The quantitative estimate of drug-likeness (QED) is 0.579. The number of carbonyl (C=O) groups excluding carboxylic acids is 1. The average molecular weight is 292 g/mol. The maximum absolute atomic E-state index is 13.5. The molecule has 0 radical (unpaired) electrons. The van der Waals surface area contributed by atoms with Crippen molar-refractivity contribution in [2.45, 2.75) is 24.9 Å². The molecule has 1 fully saturated rings. The lowest BCUT2D eigenvalue weighted by Gasteiger charge is -2.16. The molecule has 1 aliphatic rings. The van der Waals surface area contributed by atoms with Crippen LogP contribution in [0.1, 0.15) is 12.6 Å². The lowest BCUT2D eigenvalue weighted by Crippen LogP contribution is -2.31. The van der Waals surface area contributed by atoms with Crippen LogP contribution in [-0.4, -0.2) is 40.0 Å². The Hall–Kier alpha value is -2.07. The van der Waals surface area contributed by atoms with Crippen LogP contribution in [0.15, 0.2) is 11.0 Å². The summed E-state index contributed by atoms with van der Waals surface area (Å²) >= 11 is 0. The number of ether oxygens (including phenoxy) is 1. The highest BCUT2D eigenvalue weighted by atomic mass is 19.1. The zero-order valence-electron chi connectivity index (χ0n) is 10.3. The van der Waals surface area contributed by atoms with Gasteiger partial charge in [0, 0.05) is 6.42 Å². The van der Waals surface area contributed by atoms with Crippen molar-refractivity contribution in [3.05, 3.63) is 22.5 Å². The summed E-state index contributed by atoms with van der Waals surface area (Å²) in [7, 11) is 0. The molecule has 1 aromatic rings. The van der Waals surface area contributed by atoms with E-state index in [1.807, 2.05) is 0 Å². The highest BCUT2D eigenvalue weighted by Crippen LogP contribution is 2.30. The van der Waals surface area contributed by atoms with E-state index in [1.54, 1.807) is 0 Å². The molecule has 1 amide bonds. The van der Waals surface area contributed by atoms with E-state index in [-0.39, 0.29) is 19.4 Å². The first-order valence-corrected chi connectivity index (χ1v) is 5.54. The van der Waals surface area contributed by atoms with Crippen LogP contribution in [0.5, 0.6) is 0 Å². The molecule has 20 heavy (non-hydrogen) atoms. The van der Waals surface area contributed by atoms with Crippen molar-refractivity contribution in [1.82, 2.24) is 9.55 Å². The Kier molecular flexibility index (Phi) is 5.53. The highest BCUT2D eigenvalue weighted by Gasteiger charge is 2.37. The third-order valence-corrected chi connectivity index (χ3v) is 2.54. The summed E-state index contributed by atoms with van der Waals surface area (Å²) in [6, 6.07) is 0. The summed E-state index contributed by atoms with van der Waals surface area (Å²) in [5.74, 6) is -1.47.